The van der Waals surface area contributed by atoms with Crippen molar-refractivity contribution in [1.29, 1.82) is 0 Å². The molecule has 2 amide bonds. The van der Waals surface area contributed by atoms with Crippen molar-refractivity contribution in [3.05, 3.63) is 78.1 Å². The number of carbonyl (C=O) groups excluding carboxylic acids is 1. The average Bonchev–Trinajstić information content (AvgIpc) is 3.03. The summed E-state index contributed by atoms with van der Waals surface area (Å²) in [6.45, 7) is 0. The van der Waals surface area contributed by atoms with Gasteiger partial charge < -0.3 is 15.6 Å². The first-order chi connectivity index (χ1) is 12.7. The van der Waals surface area contributed by atoms with Gasteiger partial charge in [0, 0.05) is 28.9 Å². The van der Waals surface area contributed by atoms with Crippen molar-refractivity contribution in [2.24, 2.45) is 0 Å². The number of urea groups is 1. The van der Waals surface area contributed by atoms with Crippen molar-refractivity contribution in [3.8, 4) is 11.3 Å². The van der Waals surface area contributed by atoms with Crippen molar-refractivity contribution < 1.29 is 4.79 Å². The third kappa shape index (κ3) is 3.12. The fourth-order valence-corrected chi connectivity index (χ4v) is 3.01. The van der Waals surface area contributed by atoms with Crippen molar-refractivity contribution in [2.75, 3.05) is 10.6 Å². The number of H-pyrrole nitrogens is 1. The lowest BCUT2D eigenvalue weighted by Crippen LogP contribution is -2.19. The summed E-state index contributed by atoms with van der Waals surface area (Å²) in [4.78, 5) is 20.1. The molecule has 2 heterocycles. The van der Waals surface area contributed by atoms with E-state index in [2.05, 4.69) is 20.6 Å². The van der Waals surface area contributed by atoms with Crippen LogP contribution >= 0.6 is 11.6 Å². The van der Waals surface area contributed by atoms with Gasteiger partial charge in [0.25, 0.3) is 0 Å². The third-order valence-corrected chi connectivity index (χ3v) is 4.35. The minimum Gasteiger partial charge on any atom is -0.353 e. The van der Waals surface area contributed by atoms with Crippen LogP contribution in [-0.4, -0.2) is 16.0 Å². The van der Waals surface area contributed by atoms with E-state index in [1.54, 1.807) is 24.5 Å². The molecule has 0 fully saturated rings. The van der Waals surface area contributed by atoms with Gasteiger partial charge in [-0.1, -0.05) is 41.9 Å². The number of para-hydroxylation sites is 2. The zero-order valence-electron chi connectivity index (χ0n) is 13.7. The van der Waals surface area contributed by atoms with Gasteiger partial charge in [-0.2, -0.15) is 0 Å². The summed E-state index contributed by atoms with van der Waals surface area (Å²) in [5.41, 5.74) is 3.86. The van der Waals surface area contributed by atoms with Crippen LogP contribution in [-0.2, 0) is 0 Å². The molecule has 128 valence electrons. The Balaban J connectivity index is 1.71. The summed E-state index contributed by atoms with van der Waals surface area (Å²) in [5, 5.41) is 7.12. The normalized spacial score (nSPS) is 10.7. The van der Waals surface area contributed by atoms with Gasteiger partial charge in [-0.15, -0.1) is 0 Å². The highest BCUT2D eigenvalue weighted by Crippen LogP contribution is 2.34. The fourth-order valence-electron chi connectivity index (χ4n) is 2.83. The largest absolute Gasteiger partial charge is 0.353 e. The Labute approximate surface area is 155 Å². The number of fused-ring (bicyclic) bond motifs is 1. The van der Waals surface area contributed by atoms with E-state index in [1.165, 1.54) is 0 Å². The van der Waals surface area contributed by atoms with E-state index in [-0.39, 0.29) is 6.03 Å². The Morgan fingerprint density at radius 3 is 2.58 bits per heavy atom. The molecule has 5 nitrogen and oxygen atoms in total. The first kappa shape index (κ1) is 16.2. The molecule has 0 aliphatic heterocycles. The monoisotopic (exact) mass is 362 g/mol. The number of rotatable bonds is 3. The fraction of sp³-hybridized carbons (Fsp3) is 0. The van der Waals surface area contributed by atoms with Crippen molar-refractivity contribution in [1.82, 2.24) is 9.97 Å². The molecule has 0 saturated heterocycles. The number of pyridine rings is 1. The predicted molar refractivity (Wildman–Crippen MR) is 106 cm³/mol. The maximum absolute atomic E-state index is 12.5. The second-order valence-corrected chi connectivity index (χ2v) is 6.13. The molecule has 0 atom stereocenters. The number of benzene rings is 2. The molecule has 4 aromatic rings. The summed E-state index contributed by atoms with van der Waals surface area (Å²) >= 11 is 6.12. The van der Waals surface area contributed by atoms with E-state index < -0.39 is 0 Å². The van der Waals surface area contributed by atoms with Crippen LogP contribution in [0.5, 0.6) is 0 Å². The van der Waals surface area contributed by atoms with Crippen molar-refractivity contribution in [3.63, 3.8) is 0 Å². The highest BCUT2D eigenvalue weighted by atomic mass is 35.5. The first-order valence-corrected chi connectivity index (χ1v) is 8.44. The van der Waals surface area contributed by atoms with E-state index in [1.807, 2.05) is 48.5 Å². The molecular formula is C20H15ClN4O. The molecular weight excluding hydrogens is 348 g/mol. The Morgan fingerprint density at radius 1 is 0.962 bits per heavy atom. The van der Waals surface area contributed by atoms with E-state index in [0.717, 1.165) is 22.2 Å². The zero-order chi connectivity index (χ0) is 17.9. The van der Waals surface area contributed by atoms with Crippen molar-refractivity contribution >= 4 is 39.9 Å². The Kier molecular flexibility index (Phi) is 4.29. The number of halogens is 1. The van der Waals surface area contributed by atoms with Crippen molar-refractivity contribution in [2.45, 2.75) is 0 Å². The molecule has 0 saturated carbocycles. The molecule has 0 bridgehead atoms. The molecule has 2 aromatic heterocycles. The standard InChI is InChI=1S/C20H15ClN4O/c21-15-8-2-4-10-17(15)24-20(26)25-19-14-7-1-3-9-16(14)23-18(19)13-6-5-11-22-12-13/h1-12,23H,(H2,24,25,26). The number of hydrogen-bond acceptors (Lipinski definition) is 2. The Hall–Kier alpha value is -3.31. The first-order valence-electron chi connectivity index (χ1n) is 8.06. The number of hydrogen-bond donors (Lipinski definition) is 3. The number of carbonyl (C=O) groups is 1. The molecule has 4 rings (SSSR count). The van der Waals surface area contributed by atoms with E-state index >= 15 is 0 Å². The SMILES string of the molecule is O=C(Nc1ccccc1Cl)Nc1c(-c2cccnc2)[nH]c2ccccc12. The van der Waals surface area contributed by atoms with Crippen LogP contribution in [0.15, 0.2) is 73.1 Å². The van der Waals surface area contributed by atoms with E-state index in [0.29, 0.717) is 16.4 Å². The summed E-state index contributed by atoms with van der Waals surface area (Å²) in [6.07, 6.45) is 3.46. The number of nitrogens with zero attached hydrogens (tertiary/aromatic N) is 1. The molecule has 3 N–H and O–H groups in total. The lowest BCUT2D eigenvalue weighted by molar-refractivity contribution is 0.262. The maximum Gasteiger partial charge on any atom is 0.323 e. The van der Waals surface area contributed by atoms with Gasteiger partial charge >= 0.3 is 6.03 Å². The summed E-state index contributed by atoms with van der Waals surface area (Å²) in [5.74, 6) is 0. The van der Waals surface area contributed by atoms with E-state index in [9.17, 15) is 4.79 Å². The van der Waals surface area contributed by atoms with Gasteiger partial charge in [0.2, 0.25) is 0 Å². The van der Waals surface area contributed by atoms with Gasteiger partial charge in [0.1, 0.15) is 0 Å². The van der Waals surface area contributed by atoms with E-state index in [4.69, 9.17) is 11.6 Å². The Bertz CT molecular complexity index is 1080. The molecule has 26 heavy (non-hydrogen) atoms. The molecule has 6 heteroatoms. The van der Waals surface area contributed by atoms with Gasteiger partial charge in [0.05, 0.1) is 22.1 Å². The number of anilines is 2. The van der Waals surface area contributed by atoms with Gasteiger partial charge in [0.15, 0.2) is 0 Å². The van der Waals surface area contributed by atoms with Crippen LogP contribution in [0.25, 0.3) is 22.2 Å². The second kappa shape index (κ2) is 6.90. The van der Waals surface area contributed by atoms with Gasteiger partial charge in [-0.3, -0.25) is 4.98 Å². The highest BCUT2D eigenvalue weighted by Gasteiger charge is 2.16. The van der Waals surface area contributed by atoms with Crippen LogP contribution in [0.2, 0.25) is 5.02 Å². The third-order valence-electron chi connectivity index (χ3n) is 4.02. The van der Waals surface area contributed by atoms with Crippen LogP contribution in [0.4, 0.5) is 16.2 Å². The maximum atomic E-state index is 12.5. The molecule has 0 aliphatic carbocycles. The highest BCUT2D eigenvalue weighted by molar-refractivity contribution is 6.33. The average molecular weight is 363 g/mol. The van der Waals surface area contributed by atoms with Crippen LogP contribution in [0.3, 0.4) is 0 Å². The molecule has 2 aromatic carbocycles. The van der Waals surface area contributed by atoms with Gasteiger partial charge in [-0.25, -0.2) is 4.79 Å². The lowest BCUT2D eigenvalue weighted by atomic mass is 10.1. The summed E-state index contributed by atoms with van der Waals surface area (Å²) in [6, 6.07) is 18.3. The van der Waals surface area contributed by atoms with Crippen LogP contribution < -0.4 is 10.6 Å². The zero-order valence-corrected chi connectivity index (χ0v) is 14.4. The topological polar surface area (TPSA) is 69.8 Å². The minimum absolute atomic E-state index is 0.368. The molecule has 0 radical (unpaired) electrons. The number of aromatic nitrogens is 2. The smallest absolute Gasteiger partial charge is 0.323 e. The molecule has 0 spiro atoms. The second-order valence-electron chi connectivity index (χ2n) is 5.72. The number of nitrogens with one attached hydrogen (secondary N) is 3. The van der Waals surface area contributed by atoms with Crippen LogP contribution in [0.1, 0.15) is 0 Å². The Morgan fingerprint density at radius 2 is 1.77 bits per heavy atom. The minimum atomic E-state index is -0.368. The lowest BCUT2D eigenvalue weighted by Gasteiger charge is -2.10. The summed E-state index contributed by atoms with van der Waals surface area (Å²) < 4.78 is 0. The molecule has 0 aliphatic rings. The van der Waals surface area contributed by atoms with Gasteiger partial charge in [-0.05, 0) is 30.3 Å². The predicted octanol–water partition coefficient (Wildman–Crippen LogP) is 5.53. The number of amides is 2. The quantitative estimate of drug-likeness (QED) is 0.448. The summed E-state index contributed by atoms with van der Waals surface area (Å²) in [7, 11) is 0. The van der Waals surface area contributed by atoms with Crippen LogP contribution in [0, 0.1) is 0 Å². The number of aromatic amines is 1. The molecule has 0 unspecified atom stereocenters.